The Morgan fingerprint density at radius 1 is 1.11 bits per heavy atom. The molecule has 0 heterocycles. The smallest absolute Gasteiger partial charge is 0.137 e. The van der Waals surface area contributed by atoms with Gasteiger partial charge in [0.05, 0.1) is 4.47 Å². The molecule has 0 spiro atoms. The Hall–Kier alpha value is -1.19. The maximum atomic E-state index is 13.2. The molecule has 1 aliphatic rings. The van der Waals surface area contributed by atoms with E-state index in [-0.39, 0.29) is 11.4 Å². The van der Waals surface area contributed by atoms with Gasteiger partial charge in [-0.3, -0.25) is 0 Å². The van der Waals surface area contributed by atoms with Crippen LogP contribution in [0, 0.1) is 5.82 Å². The lowest BCUT2D eigenvalue weighted by Gasteiger charge is -2.24. The van der Waals surface area contributed by atoms with Gasteiger partial charge in [-0.05, 0) is 64.0 Å². The van der Waals surface area contributed by atoms with Gasteiger partial charge in [-0.1, -0.05) is 30.3 Å². The Bertz CT molecular complexity index is 599. The van der Waals surface area contributed by atoms with Gasteiger partial charge in [0, 0.05) is 5.54 Å². The van der Waals surface area contributed by atoms with Crippen molar-refractivity contribution in [3.05, 3.63) is 69.4 Å². The van der Waals surface area contributed by atoms with Crippen LogP contribution < -0.4 is 5.73 Å². The van der Waals surface area contributed by atoms with E-state index in [2.05, 4.69) is 40.2 Å². The Morgan fingerprint density at radius 3 is 2.32 bits per heavy atom. The van der Waals surface area contributed by atoms with Crippen LogP contribution in [0.4, 0.5) is 4.39 Å². The van der Waals surface area contributed by atoms with Crippen molar-refractivity contribution in [1.29, 1.82) is 0 Å². The maximum absolute atomic E-state index is 13.2. The lowest BCUT2D eigenvalue weighted by atomic mass is 9.89. The van der Waals surface area contributed by atoms with Crippen molar-refractivity contribution in [3.8, 4) is 0 Å². The van der Waals surface area contributed by atoms with Crippen LogP contribution in [-0.2, 0) is 19.3 Å². The van der Waals surface area contributed by atoms with Gasteiger partial charge in [0.2, 0.25) is 0 Å². The molecular weight excluding hydrogens is 305 g/mol. The quantitative estimate of drug-likeness (QED) is 0.898. The number of rotatable bonds is 2. The molecule has 3 heteroatoms. The van der Waals surface area contributed by atoms with E-state index in [0.29, 0.717) is 4.47 Å². The Labute approximate surface area is 120 Å². The van der Waals surface area contributed by atoms with Crippen LogP contribution in [0.2, 0.25) is 0 Å². The fourth-order valence-electron chi connectivity index (χ4n) is 2.90. The van der Waals surface area contributed by atoms with Gasteiger partial charge < -0.3 is 5.73 Å². The Morgan fingerprint density at radius 2 is 1.74 bits per heavy atom. The highest BCUT2D eigenvalue weighted by atomic mass is 79.9. The summed E-state index contributed by atoms with van der Waals surface area (Å²) in [4.78, 5) is 0. The fourth-order valence-corrected chi connectivity index (χ4v) is 3.33. The molecule has 2 N–H and O–H groups in total. The van der Waals surface area contributed by atoms with Gasteiger partial charge in [-0.25, -0.2) is 4.39 Å². The molecule has 0 atom stereocenters. The van der Waals surface area contributed by atoms with E-state index in [0.717, 1.165) is 24.8 Å². The first-order chi connectivity index (χ1) is 9.06. The van der Waals surface area contributed by atoms with Crippen LogP contribution in [0.25, 0.3) is 0 Å². The normalized spacial score (nSPS) is 16.4. The molecule has 0 aliphatic heterocycles. The van der Waals surface area contributed by atoms with Crippen molar-refractivity contribution in [1.82, 2.24) is 0 Å². The second-order valence-electron chi connectivity index (χ2n) is 5.41. The molecule has 0 amide bonds. The number of halogens is 2. The first kappa shape index (κ1) is 12.8. The number of benzene rings is 2. The fraction of sp³-hybridized carbons (Fsp3) is 0.250. The molecule has 1 nitrogen and oxygen atoms in total. The summed E-state index contributed by atoms with van der Waals surface area (Å²) in [5.41, 5.74) is 10.0. The van der Waals surface area contributed by atoms with Gasteiger partial charge >= 0.3 is 0 Å². The van der Waals surface area contributed by atoms with Crippen molar-refractivity contribution >= 4 is 15.9 Å². The van der Waals surface area contributed by atoms with Crippen LogP contribution in [0.1, 0.15) is 16.7 Å². The zero-order valence-corrected chi connectivity index (χ0v) is 12.1. The number of nitrogens with two attached hydrogens (primary N) is 1. The zero-order valence-electron chi connectivity index (χ0n) is 10.5. The molecule has 98 valence electrons. The minimum Gasteiger partial charge on any atom is -0.324 e. The second-order valence-corrected chi connectivity index (χ2v) is 6.26. The summed E-state index contributed by atoms with van der Waals surface area (Å²) in [5, 5.41) is 0. The highest BCUT2D eigenvalue weighted by molar-refractivity contribution is 9.10. The molecule has 3 rings (SSSR count). The van der Waals surface area contributed by atoms with Crippen LogP contribution in [0.15, 0.2) is 46.9 Å². The number of hydrogen-bond donors (Lipinski definition) is 1. The van der Waals surface area contributed by atoms with E-state index < -0.39 is 0 Å². The molecule has 2 aromatic rings. The van der Waals surface area contributed by atoms with Crippen molar-refractivity contribution in [3.63, 3.8) is 0 Å². The largest absolute Gasteiger partial charge is 0.324 e. The third-order valence-corrected chi connectivity index (χ3v) is 4.35. The van der Waals surface area contributed by atoms with Gasteiger partial charge in [0.15, 0.2) is 0 Å². The Balaban J connectivity index is 1.83. The van der Waals surface area contributed by atoms with Crippen LogP contribution in [-0.4, -0.2) is 5.54 Å². The zero-order chi connectivity index (χ0) is 13.5. The summed E-state index contributed by atoms with van der Waals surface area (Å²) in [6, 6.07) is 13.5. The highest BCUT2D eigenvalue weighted by Crippen LogP contribution is 2.31. The summed E-state index contributed by atoms with van der Waals surface area (Å²) in [6.45, 7) is 0. The minimum atomic E-state index is -0.249. The van der Waals surface area contributed by atoms with E-state index in [1.54, 1.807) is 0 Å². The molecule has 0 aromatic heterocycles. The van der Waals surface area contributed by atoms with Gasteiger partial charge in [-0.2, -0.15) is 0 Å². The van der Waals surface area contributed by atoms with Gasteiger partial charge in [0.25, 0.3) is 0 Å². The minimum absolute atomic E-state index is 0.232. The molecule has 0 fully saturated rings. The Kier molecular flexibility index (Phi) is 3.19. The summed E-state index contributed by atoms with van der Waals surface area (Å²) in [5.74, 6) is -0.232. The van der Waals surface area contributed by atoms with Gasteiger partial charge in [0.1, 0.15) is 5.82 Å². The highest BCUT2D eigenvalue weighted by Gasteiger charge is 2.33. The molecule has 0 saturated carbocycles. The summed E-state index contributed by atoms with van der Waals surface area (Å²) in [6.07, 6.45) is 2.54. The van der Waals surface area contributed by atoms with E-state index in [9.17, 15) is 4.39 Å². The topological polar surface area (TPSA) is 26.0 Å². The van der Waals surface area contributed by atoms with Gasteiger partial charge in [-0.15, -0.1) is 0 Å². The number of hydrogen-bond acceptors (Lipinski definition) is 1. The molecule has 0 unspecified atom stereocenters. The lowest BCUT2D eigenvalue weighted by Crippen LogP contribution is -2.42. The molecule has 19 heavy (non-hydrogen) atoms. The first-order valence-corrected chi connectivity index (χ1v) is 7.15. The molecule has 0 bridgehead atoms. The van der Waals surface area contributed by atoms with E-state index in [1.165, 1.54) is 17.2 Å². The van der Waals surface area contributed by atoms with E-state index >= 15 is 0 Å². The van der Waals surface area contributed by atoms with Crippen LogP contribution >= 0.6 is 15.9 Å². The third kappa shape index (κ3) is 2.58. The predicted octanol–water partition coefficient (Wildman–Crippen LogP) is 3.63. The standard InChI is InChI=1S/C16H15BrFN/c17-14-7-11(5-6-15(14)18)8-16(19)9-12-3-1-2-4-13(12)10-16/h1-7H,8-10,19H2. The molecule has 0 saturated heterocycles. The average molecular weight is 320 g/mol. The van der Waals surface area contributed by atoms with Crippen LogP contribution in [0.3, 0.4) is 0 Å². The molecular formula is C16H15BrFN. The van der Waals surface area contributed by atoms with E-state index in [4.69, 9.17) is 5.73 Å². The molecule has 0 radical (unpaired) electrons. The SMILES string of the molecule is NC1(Cc2ccc(F)c(Br)c2)Cc2ccccc2C1. The van der Waals surface area contributed by atoms with E-state index in [1.807, 2.05) is 12.1 Å². The maximum Gasteiger partial charge on any atom is 0.137 e. The third-order valence-electron chi connectivity index (χ3n) is 3.74. The van der Waals surface area contributed by atoms with Crippen molar-refractivity contribution < 1.29 is 4.39 Å². The predicted molar refractivity (Wildman–Crippen MR) is 78.6 cm³/mol. The number of fused-ring (bicyclic) bond motifs is 1. The summed E-state index contributed by atoms with van der Waals surface area (Å²) >= 11 is 3.23. The molecule has 1 aliphatic carbocycles. The van der Waals surface area contributed by atoms with Crippen molar-refractivity contribution in [2.75, 3.05) is 0 Å². The molecule has 2 aromatic carbocycles. The lowest BCUT2D eigenvalue weighted by molar-refractivity contribution is 0.446. The van der Waals surface area contributed by atoms with Crippen LogP contribution in [0.5, 0.6) is 0 Å². The van der Waals surface area contributed by atoms with Crippen molar-refractivity contribution in [2.24, 2.45) is 5.73 Å². The summed E-state index contributed by atoms with van der Waals surface area (Å²) < 4.78 is 13.7. The summed E-state index contributed by atoms with van der Waals surface area (Å²) in [7, 11) is 0. The second kappa shape index (κ2) is 4.73. The average Bonchev–Trinajstić information content (AvgIpc) is 2.69. The van der Waals surface area contributed by atoms with Crippen molar-refractivity contribution in [2.45, 2.75) is 24.8 Å². The monoisotopic (exact) mass is 319 g/mol. The first-order valence-electron chi connectivity index (χ1n) is 6.35.